The van der Waals surface area contributed by atoms with Crippen LogP contribution in [0.15, 0.2) is 64.2 Å². The van der Waals surface area contributed by atoms with Crippen LogP contribution in [-0.2, 0) is 13.1 Å². The van der Waals surface area contributed by atoms with Gasteiger partial charge < -0.3 is 15.4 Å². The third kappa shape index (κ3) is 5.28. The van der Waals surface area contributed by atoms with E-state index in [-0.39, 0.29) is 36.0 Å². The lowest BCUT2D eigenvalue weighted by Gasteiger charge is -2.31. The standard InChI is InChI=1S/C28H28F2N6O3/c1-2-3-15-34-23-24(32-27(34)33-14-8-10-20(31)18-33)36(21-11-5-4-6-12-21)28(38)35(25(23)37)17-19-9-7-13-22(16-19)39-26(29)30/h4-7,9,11-13,16,20,26H,8,10,14-15,17-18,31H2,1H3/t20-/m1/s1. The molecule has 0 amide bonds. The number of hydrogen-bond acceptors (Lipinski definition) is 6. The van der Waals surface area contributed by atoms with Gasteiger partial charge in [-0.15, -0.1) is 5.92 Å². The van der Waals surface area contributed by atoms with Crippen LogP contribution in [0.1, 0.15) is 25.3 Å². The maximum atomic E-state index is 14.0. The van der Waals surface area contributed by atoms with Crippen LogP contribution in [0.25, 0.3) is 16.9 Å². The van der Waals surface area contributed by atoms with Gasteiger partial charge in [0.1, 0.15) is 5.75 Å². The summed E-state index contributed by atoms with van der Waals surface area (Å²) in [5.41, 5.74) is 6.51. The van der Waals surface area contributed by atoms with Gasteiger partial charge in [-0.3, -0.25) is 13.9 Å². The Balaban J connectivity index is 1.76. The summed E-state index contributed by atoms with van der Waals surface area (Å²) in [6, 6.07) is 14.8. The number of nitrogens with zero attached hydrogens (tertiary/aromatic N) is 5. The zero-order chi connectivity index (χ0) is 27.5. The first-order chi connectivity index (χ1) is 18.9. The highest BCUT2D eigenvalue weighted by Crippen LogP contribution is 2.25. The van der Waals surface area contributed by atoms with Gasteiger partial charge in [-0.25, -0.2) is 9.36 Å². The molecule has 0 spiro atoms. The van der Waals surface area contributed by atoms with Crippen LogP contribution in [0.3, 0.4) is 0 Å². The molecule has 0 radical (unpaired) electrons. The number of alkyl halides is 2. The Morgan fingerprint density at radius 3 is 2.64 bits per heavy atom. The summed E-state index contributed by atoms with van der Waals surface area (Å²) in [6.45, 7) is 0.0111. The molecule has 1 aliphatic rings. The Hall–Kier alpha value is -4.43. The van der Waals surface area contributed by atoms with Crippen molar-refractivity contribution in [2.75, 3.05) is 18.0 Å². The average Bonchev–Trinajstić information content (AvgIpc) is 3.29. The molecule has 202 valence electrons. The minimum Gasteiger partial charge on any atom is -0.435 e. The van der Waals surface area contributed by atoms with Crippen molar-refractivity contribution in [2.45, 2.75) is 45.5 Å². The molecule has 2 aromatic carbocycles. The third-order valence-corrected chi connectivity index (χ3v) is 6.64. The van der Waals surface area contributed by atoms with Crippen LogP contribution in [-0.4, -0.2) is 44.4 Å². The molecule has 1 fully saturated rings. The van der Waals surface area contributed by atoms with Crippen molar-refractivity contribution in [3.63, 3.8) is 0 Å². The fourth-order valence-corrected chi connectivity index (χ4v) is 4.91. The summed E-state index contributed by atoms with van der Waals surface area (Å²) < 4.78 is 34.3. The van der Waals surface area contributed by atoms with E-state index in [1.165, 1.54) is 22.8 Å². The van der Waals surface area contributed by atoms with E-state index in [2.05, 4.69) is 16.6 Å². The molecule has 3 heterocycles. The smallest absolute Gasteiger partial charge is 0.387 e. The number of fused-ring (bicyclic) bond motifs is 1. The molecule has 5 rings (SSSR count). The van der Waals surface area contributed by atoms with Gasteiger partial charge in [-0.1, -0.05) is 36.3 Å². The lowest BCUT2D eigenvalue weighted by atomic mass is 10.1. The molecule has 2 aromatic heterocycles. The van der Waals surface area contributed by atoms with Gasteiger partial charge in [-0.05, 0) is 49.6 Å². The van der Waals surface area contributed by atoms with E-state index in [0.29, 0.717) is 30.3 Å². The lowest BCUT2D eigenvalue weighted by molar-refractivity contribution is -0.0498. The first-order valence-electron chi connectivity index (χ1n) is 12.6. The summed E-state index contributed by atoms with van der Waals surface area (Å²) in [5.74, 6) is 6.35. The van der Waals surface area contributed by atoms with Crippen molar-refractivity contribution in [3.8, 4) is 23.3 Å². The van der Waals surface area contributed by atoms with E-state index in [1.807, 2.05) is 11.0 Å². The molecular formula is C28H28F2N6O3. The first kappa shape index (κ1) is 26.2. The van der Waals surface area contributed by atoms with Crippen molar-refractivity contribution in [2.24, 2.45) is 5.73 Å². The van der Waals surface area contributed by atoms with Crippen molar-refractivity contribution in [3.05, 3.63) is 81.0 Å². The summed E-state index contributed by atoms with van der Waals surface area (Å²) in [6.07, 6.45) is 1.76. The fourth-order valence-electron chi connectivity index (χ4n) is 4.91. The highest BCUT2D eigenvalue weighted by Gasteiger charge is 2.27. The topological polar surface area (TPSA) is 100 Å². The summed E-state index contributed by atoms with van der Waals surface area (Å²) >= 11 is 0. The second-order valence-corrected chi connectivity index (χ2v) is 9.32. The molecule has 9 nitrogen and oxygen atoms in total. The molecular weight excluding hydrogens is 506 g/mol. The van der Waals surface area contributed by atoms with E-state index < -0.39 is 17.9 Å². The number of para-hydroxylation sites is 1. The average molecular weight is 535 g/mol. The zero-order valence-electron chi connectivity index (χ0n) is 21.4. The third-order valence-electron chi connectivity index (χ3n) is 6.64. The highest BCUT2D eigenvalue weighted by molar-refractivity contribution is 5.76. The molecule has 1 saturated heterocycles. The van der Waals surface area contributed by atoms with Gasteiger partial charge in [0.15, 0.2) is 11.2 Å². The Labute approximate surface area is 223 Å². The minimum absolute atomic E-state index is 0.0417. The minimum atomic E-state index is -3.00. The monoisotopic (exact) mass is 534 g/mol. The summed E-state index contributed by atoms with van der Waals surface area (Å²) in [5, 5.41) is 0. The van der Waals surface area contributed by atoms with Gasteiger partial charge in [0.05, 0.1) is 18.8 Å². The molecule has 11 heteroatoms. The number of hydrogen-bond donors (Lipinski definition) is 1. The number of rotatable bonds is 7. The molecule has 4 aromatic rings. The summed E-state index contributed by atoms with van der Waals surface area (Å²) in [4.78, 5) is 34.7. The number of imidazole rings is 1. The Morgan fingerprint density at radius 2 is 1.92 bits per heavy atom. The van der Waals surface area contributed by atoms with Crippen LogP contribution in [0.2, 0.25) is 0 Å². The summed E-state index contributed by atoms with van der Waals surface area (Å²) in [7, 11) is 0. The van der Waals surface area contributed by atoms with E-state index in [4.69, 9.17) is 10.7 Å². The van der Waals surface area contributed by atoms with E-state index in [9.17, 15) is 18.4 Å². The predicted octanol–water partition coefficient (Wildman–Crippen LogP) is 2.95. The number of anilines is 1. The van der Waals surface area contributed by atoms with Crippen molar-refractivity contribution >= 4 is 17.1 Å². The number of halogens is 2. The second-order valence-electron chi connectivity index (χ2n) is 9.32. The molecule has 0 unspecified atom stereocenters. The van der Waals surface area contributed by atoms with E-state index in [0.717, 1.165) is 17.4 Å². The van der Waals surface area contributed by atoms with Gasteiger partial charge in [-0.2, -0.15) is 13.8 Å². The molecule has 0 bridgehead atoms. The number of piperidine rings is 1. The number of nitrogens with two attached hydrogens (primary N) is 1. The molecule has 0 aliphatic carbocycles. The fraction of sp³-hybridized carbons (Fsp3) is 0.321. The van der Waals surface area contributed by atoms with Crippen LogP contribution in [0, 0.1) is 11.8 Å². The highest BCUT2D eigenvalue weighted by atomic mass is 19.3. The SMILES string of the molecule is CC#CCn1c(N2CCC[C@@H](N)C2)nc2c1c(=O)n(Cc1cccc(OC(F)F)c1)c(=O)n2-c1ccccc1. The number of aromatic nitrogens is 4. The van der Waals surface area contributed by atoms with E-state index in [1.54, 1.807) is 41.8 Å². The normalized spacial score (nSPS) is 15.4. The first-order valence-corrected chi connectivity index (χ1v) is 12.6. The Morgan fingerprint density at radius 1 is 1.13 bits per heavy atom. The second kappa shape index (κ2) is 11.1. The van der Waals surface area contributed by atoms with Crippen molar-refractivity contribution < 1.29 is 13.5 Å². The quantitative estimate of drug-likeness (QED) is 0.366. The van der Waals surface area contributed by atoms with Crippen LogP contribution >= 0.6 is 0 Å². The number of benzene rings is 2. The van der Waals surface area contributed by atoms with Gasteiger partial charge in [0, 0.05) is 19.1 Å². The van der Waals surface area contributed by atoms with Gasteiger partial charge in [0.2, 0.25) is 5.95 Å². The lowest BCUT2D eigenvalue weighted by Crippen LogP contribution is -2.44. The molecule has 1 atom stereocenters. The van der Waals surface area contributed by atoms with Crippen LogP contribution in [0.4, 0.5) is 14.7 Å². The number of ether oxygens (including phenoxy) is 1. The van der Waals surface area contributed by atoms with Crippen LogP contribution < -0.4 is 26.6 Å². The maximum absolute atomic E-state index is 14.0. The largest absolute Gasteiger partial charge is 0.435 e. The molecule has 2 N–H and O–H groups in total. The van der Waals surface area contributed by atoms with Crippen molar-refractivity contribution in [1.29, 1.82) is 0 Å². The zero-order valence-corrected chi connectivity index (χ0v) is 21.4. The molecule has 39 heavy (non-hydrogen) atoms. The maximum Gasteiger partial charge on any atom is 0.387 e. The molecule has 0 saturated carbocycles. The van der Waals surface area contributed by atoms with Gasteiger partial charge in [0.25, 0.3) is 5.56 Å². The van der Waals surface area contributed by atoms with E-state index >= 15 is 0 Å². The van der Waals surface area contributed by atoms with Crippen LogP contribution in [0.5, 0.6) is 5.75 Å². The Kier molecular flexibility index (Phi) is 7.47. The van der Waals surface area contributed by atoms with Gasteiger partial charge >= 0.3 is 12.3 Å². The Bertz CT molecular complexity index is 1670. The molecule has 1 aliphatic heterocycles. The predicted molar refractivity (Wildman–Crippen MR) is 145 cm³/mol. The van der Waals surface area contributed by atoms with Crippen molar-refractivity contribution in [1.82, 2.24) is 18.7 Å².